The minimum Gasteiger partial charge on any atom is -0.497 e. The van der Waals surface area contributed by atoms with E-state index < -0.39 is 0 Å². The number of para-hydroxylation sites is 1. The number of aromatic amines is 1. The number of hydrogen-bond acceptors (Lipinski definition) is 5. The Morgan fingerprint density at radius 1 is 0.977 bits per heavy atom. The first kappa shape index (κ1) is 28.7. The van der Waals surface area contributed by atoms with Crippen molar-refractivity contribution in [3.63, 3.8) is 0 Å². The van der Waals surface area contributed by atoms with Crippen LogP contribution in [0.3, 0.4) is 0 Å². The molecule has 1 aliphatic carbocycles. The summed E-state index contributed by atoms with van der Waals surface area (Å²) in [6.07, 6.45) is 7.98. The van der Waals surface area contributed by atoms with Gasteiger partial charge in [-0.3, -0.25) is 4.79 Å². The molecule has 0 radical (unpaired) electrons. The van der Waals surface area contributed by atoms with Crippen molar-refractivity contribution in [3.05, 3.63) is 113 Å². The van der Waals surface area contributed by atoms with Gasteiger partial charge in [-0.1, -0.05) is 73.5 Å². The molecule has 0 unspecified atom stereocenters. The van der Waals surface area contributed by atoms with Crippen molar-refractivity contribution in [2.45, 2.75) is 63.6 Å². The van der Waals surface area contributed by atoms with Gasteiger partial charge in [-0.2, -0.15) is 0 Å². The van der Waals surface area contributed by atoms with Gasteiger partial charge >= 0.3 is 0 Å². The van der Waals surface area contributed by atoms with E-state index in [1.54, 1.807) is 7.11 Å². The fourth-order valence-electron chi connectivity index (χ4n) is 6.27. The molecule has 1 fully saturated rings. The van der Waals surface area contributed by atoms with Gasteiger partial charge in [0.25, 0.3) is 0 Å². The summed E-state index contributed by atoms with van der Waals surface area (Å²) < 4.78 is 7.58. The molecule has 8 heteroatoms. The van der Waals surface area contributed by atoms with Crippen molar-refractivity contribution in [1.29, 1.82) is 0 Å². The Morgan fingerprint density at radius 2 is 1.74 bits per heavy atom. The van der Waals surface area contributed by atoms with Crippen molar-refractivity contribution in [3.8, 4) is 5.75 Å². The van der Waals surface area contributed by atoms with E-state index in [-0.39, 0.29) is 23.9 Å². The number of hydrogen-bond donors (Lipinski definition) is 3. The van der Waals surface area contributed by atoms with Crippen molar-refractivity contribution in [2.75, 3.05) is 7.11 Å². The highest BCUT2D eigenvalue weighted by Gasteiger charge is 2.32. The summed E-state index contributed by atoms with van der Waals surface area (Å²) in [5.74, 6) is 2.26. The number of amides is 1. The van der Waals surface area contributed by atoms with Crippen LogP contribution in [0.1, 0.15) is 60.1 Å². The van der Waals surface area contributed by atoms with E-state index in [0.29, 0.717) is 13.0 Å². The summed E-state index contributed by atoms with van der Waals surface area (Å²) in [7, 11) is 1.67. The van der Waals surface area contributed by atoms with E-state index in [1.165, 1.54) is 5.56 Å². The van der Waals surface area contributed by atoms with Gasteiger partial charge in [-0.05, 0) is 54.2 Å². The van der Waals surface area contributed by atoms with Gasteiger partial charge in [0.1, 0.15) is 11.6 Å². The maximum absolute atomic E-state index is 13.8. The smallest absolute Gasteiger partial charge is 0.225 e. The molecule has 8 nitrogen and oxygen atoms in total. The maximum Gasteiger partial charge on any atom is 0.225 e. The number of fused-ring (bicyclic) bond motifs is 1. The summed E-state index contributed by atoms with van der Waals surface area (Å²) in [4.78, 5) is 17.2. The fourth-order valence-corrected chi connectivity index (χ4v) is 6.27. The van der Waals surface area contributed by atoms with E-state index in [1.807, 2.05) is 36.5 Å². The van der Waals surface area contributed by atoms with Crippen LogP contribution >= 0.6 is 0 Å². The zero-order valence-electron chi connectivity index (χ0n) is 24.7. The zero-order chi connectivity index (χ0) is 29.6. The lowest BCUT2D eigenvalue weighted by atomic mass is 9.84. The maximum atomic E-state index is 13.8. The minimum atomic E-state index is -0.378. The van der Waals surface area contributed by atoms with Gasteiger partial charge < -0.3 is 25.3 Å². The van der Waals surface area contributed by atoms with Crippen LogP contribution in [-0.4, -0.2) is 38.8 Å². The summed E-state index contributed by atoms with van der Waals surface area (Å²) in [5, 5.41) is 14.0. The number of H-pyrrole nitrogens is 1. The summed E-state index contributed by atoms with van der Waals surface area (Å²) in [5.41, 5.74) is 11.0. The molecular weight excluding hydrogens is 536 g/mol. The average molecular weight is 577 g/mol. The van der Waals surface area contributed by atoms with Gasteiger partial charge in [0.2, 0.25) is 5.91 Å². The van der Waals surface area contributed by atoms with Crippen LogP contribution in [0.2, 0.25) is 0 Å². The summed E-state index contributed by atoms with van der Waals surface area (Å²) in [6, 6.07) is 26.3. The normalized spacial score (nSPS) is 17.5. The first-order valence-corrected chi connectivity index (χ1v) is 15.3. The number of ether oxygens (including phenoxy) is 1. The van der Waals surface area contributed by atoms with Gasteiger partial charge in [-0.25, -0.2) is 0 Å². The number of carbonyl (C=O) groups is 1. The molecular formula is C35H40N6O2. The molecule has 0 spiro atoms. The van der Waals surface area contributed by atoms with Gasteiger partial charge in [0, 0.05) is 36.0 Å². The first-order chi connectivity index (χ1) is 21.1. The van der Waals surface area contributed by atoms with Crippen molar-refractivity contribution >= 4 is 16.8 Å². The van der Waals surface area contributed by atoms with Gasteiger partial charge in [0.05, 0.1) is 25.6 Å². The third kappa shape index (κ3) is 6.65. The van der Waals surface area contributed by atoms with E-state index >= 15 is 0 Å². The number of aromatic nitrogens is 4. The van der Waals surface area contributed by atoms with Crippen LogP contribution in [0.4, 0.5) is 0 Å². The van der Waals surface area contributed by atoms with Crippen LogP contribution in [0.25, 0.3) is 10.9 Å². The van der Waals surface area contributed by atoms with Crippen LogP contribution < -0.4 is 15.8 Å². The van der Waals surface area contributed by atoms with Crippen LogP contribution in [0.5, 0.6) is 5.75 Å². The number of rotatable bonds is 11. The van der Waals surface area contributed by atoms with E-state index in [0.717, 1.165) is 78.0 Å². The first-order valence-electron chi connectivity index (χ1n) is 15.3. The number of nitrogens with one attached hydrogen (secondary N) is 2. The lowest BCUT2D eigenvalue weighted by molar-refractivity contribution is -0.127. The Kier molecular flexibility index (Phi) is 8.84. The van der Waals surface area contributed by atoms with Crippen LogP contribution in [0, 0.1) is 5.92 Å². The molecule has 1 saturated carbocycles. The molecule has 222 valence electrons. The molecule has 43 heavy (non-hydrogen) atoms. The van der Waals surface area contributed by atoms with Crippen LogP contribution in [-0.2, 0) is 30.6 Å². The van der Waals surface area contributed by atoms with E-state index in [4.69, 9.17) is 20.7 Å². The van der Waals surface area contributed by atoms with Crippen molar-refractivity contribution in [2.24, 2.45) is 11.7 Å². The highest BCUT2D eigenvalue weighted by molar-refractivity contribution is 5.83. The van der Waals surface area contributed by atoms with Gasteiger partial charge in [-0.15, -0.1) is 10.2 Å². The molecule has 2 heterocycles. The predicted molar refractivity (Wildman–Crippen MR) is 169 cm³/mol. The topological polar surface area (TPSA) is 111 Å². The molecule has 6 rings (SSSR count). The monoisotopic (exact) mass is 576 g/mol. The third-order valence-electron chi connectivity index (χ3n) is 8.72. The minimum absolute atomic E-state index is 0.00174. The summed E-state index contributed by atoms with van der Waals surface area (Å²) >= 11 is 0. The number of carbonyl (C=O) groups excluding carboxylic acids is 1. The molecule has 1 aliphatic rings. The SMILES string of the molecule is COc1ccc(Cn2c(CCc3ccccc3)nnc2[C@@H](Cc2c[nH]c3ccccc23)NC(=O)[C@@H]2CCCC[C@H]2N)cc1. The highest BCUT2D eigenvalue weighted by atomic mass is 16.5. The average Bonchev–Trinajstić information content (AvgIpc) is 3.64. The van der Waals surface area contributed by atoms with Crippen molar-refractivity contribution in [1.82, 2.24) is 25.1 Å². The predicted octanol–water partition coefficient (Wildman–Crippen LogP) is 5.52. The Hall–Kier alpha value is -4.43. The second-order valence-electron chi connectivity index (χ2n) is 11.6. The Bertz CT molecular complexity index is 1640. The van der Waals surface area contributed by atoms with Crippen LogP contribution in [0.15, 0.2) is 85.1 Å². The Labute approximate surface area is 252 Å². The Balaban J connectivity index is 1.36. The molecule has 0 saturated heterocycles. The molecule has 0 aliphatic heterocycles. The molecule has 1 amide bonds. The fraction of sp³-hybridized carbons (Fsp3) is 0.343. The van der Waals surface area contributed by atoms with Gasteiger partial charge in [0.15, 0.2) is 5.82 Å². The lowest BCUT2D eigenvalue weighted by Gasteiger charge is -2.29. The molecule has 5 aromatic rings. The lowest BCUT2D eigenvalue weighted by Crippen LogP contribution is -2.45. The third-order valence-corrected chi connectivity index (χ3v) is 8.72. The summed E-state index contributed by atoms with van der Waals surface area (Å²) in [6.45, 7) is 0.583. The zero-order valence-corrected chi connectivity index (χ0v) is 24.7. The molecule has 3 atom stereocenters. The standard InChI is InChI=1S/C35H40N6O2/c1-43-27-18-15-25(16-19-27)23-41-33(20-17-24-9-3-2-4-10-24)39-40-34(41)32(38-35(42)29-12-5-7-13-30(29)36)21-26-22-37-31-14-8-6-11-28(26)31/h2-4,6,8-11,14-16,18-19,22,29-30,32,37H,5,7,12-13,17,20-21,23,36H2,1H3,(H,38,42)/t29-,30-,32-/m1/s1. The van der Waals surface area contributed by atoms with Crippen molar-refractivity contribution < 1.29 is 9.53 Å². The number of nitrogens with zero attached hydrogens (tertiary/aromatic N) is 3. The molecule has 2 aromatic heterocycles. The number of nitrogens with two attached hydrogens (primary N) is 1. The molecule has 0 bridgehead atoms. The second-order valence-corrected chi connectivity index (χ2v) is 11.6. The van der Waals surface area contributed by atoms with E-state index in [9.17, 15) is 4.79 Å². The molecule has 3 aromatic carbocycles. The quantitative estimate of drug-likeness (QED) is 0.192. The number of benzene rings is 3. The largest absolute Gasteiger partial charge is 0.497 e. The highest BCUT2D eigenvalue weighted by Crippen LogP contribution is 2.28. The number of methoxy groups -OCH3 is 1. The molecule has 4 N–H and O–H groups in total. The Morgan fingerprint density at radius 3 is 2.53 bits per heavy atom. The second kappa shape index (κ2) is 13.3. The van der Waals surface area contributed by atoms with E-state index in [2.05, 4.69) is 63.4 Å². The number of aryl methyl sites for hydroxylation is 2.